The Labute approximate surface area is 76.9 Å². The molecule has 1 rings (SSSR count). The molecule has 0 aliphatic heterocycles. The summed E-state index contributed by atoms with van der Waals surface area (Å²) < 4.78 is 0. The minimum absolute atomic E-state index is 0. The third-order valence-electron chi connectivity index (χ3n) is 0.954. The van der Waals surface area contributed by atoms with Crippen molar-refractivity contribution in [3.8, 4) is 11.5 Å². The lowest BCUT2D eigenvalue weighted by molar-refractivity contribution is 0.332. The van der Waals surface area contributed by atoms with Crippen LogP contribution >= 0.6 is 24.8 Å². The average molecular weight is 198 g/mol. The van der Waals surface area contributed by atoms with Gasteiger partial charge >= 0.3 is 0 Å². The third kappa shape index (κ3) is 3.93. The van der Waals surface area contributed by atoms with Gasteiger partial charge in [-0.05, 0) is 12.1 Å². The second-order valence-electron chi connectivity index (χ2n) is 1.62. The predicted octanol–water partition coefficient (Wildman–Crippen LogP) is 1.49. The van der Waals surface area contributed by atoms with Crippen molar-refractivity contribution < 1.29 is 9.94 Å². The predicted molar refractivity (Wildman–Crippen MR) is 47.4 cm³/mol. The highest BCUT2D eigenvalue weighted by Gasteiger charge is 1.89. The van der Waals surface area contributed by atoms with Gasteiger partial charge in [-0.25, -0.2) is 0 Å². The minimum atomic E-state index is 0. The highest BCUT2D eigenvalue weighted by Crippen LogP contribution is 2.15. The summed E-state index contributed by atoms with van der Waals surface area (Å²) >= 11 is 0. The maximum atomic E-state index is 8.81. The Balaban J connectivity index is 0. The van der Waals surface area contributed by atoms with E-state index in [0.29, 0.717) is 5.75 Å². The molecule has 0 bridgehead atoms. The molecule has 0 amide bonds. The van der Waals surface area contributed by atoms with Crippen LogP contribution in [-0.2, 0) is 0 Å². The number of rotatable bonds is 1. The molecule has 0 unspecified atom stereocenters. The quantitative estimate of drug-likeness (QED) is 0.672. The van der Waals surface area contributed by atoms with E-state index in [2.05, 4.69) is 4.84 Å². The number of hydrogen-bond acceptors (Lipinski definition) is 3. The molecule has 3 nitrogen and oxygen atoms in total. The van der Waals surface area contributed by atoms with Crippen LogP contribution in [0.4, 0.5) is 0 Å². The molecule has 5 heteroatoms. The molecule has 3 N–H and O–H groups in total. The Hall–Kier alpha value is -0.640. The van der Waals surface area contributed by atoms with Crippen LogP contribution < -0.4 is 10.7 Å². The van der Waals surface area contributed by atoms with Gasteiger partial charge in [0.05, 0.1) is 0 Å². The summed E-state index contributed by atoms with van der Waals surface area (Å²) in [5, 5.41) is 8.81. The Morgan fingerprint density at radius 2 is 1.91 bits per heavy atom. The van der Waals surface area contributed by atoms with E-state index in [0.717, 1.165) is 0 Å². The van der Waals surface area contributed by atoms with Gasteiger partial charge in [0.15, 0.2) is 5.75 Å². The van der Waals surface area contributed by atoms with Gasteiger partial charge in [0.1, 0.15) is 5.75 Å². The van der Waals surface area contributed by atoms with Crippen molar-refractivity contribution in [3.63, 3.8) is 0 Å². The van der Waals surface area contributed by atoms with Crippen molar-refractivity contribution in [2.75, 3.05) is 0 Å². The van der Waals surface area contributed by atoms with Crippen LogP contribution in [0.3, 0.4) is 0 Å². The monoisotopic (exact) mass is 197 g/mol. The first kappa shape index (κ1) is 13.0. The van der Waals surface area contributed by atoms with Crippen molar-refractivity contribution in [2.45, 2.75) is 0 Å². The molecule has 0 fully saturated rings. The van der Waals surface area contributed by atoms with Gasteiger partial charge in [-0.1, -0.05) is 6.07 Å². The summed E-state index contributed by atoms with van der Waals surface area (Å²) in [4.78, 5) is 4.34. The Morgan fingerprint density at radius 1 is 1.27 bits per heavy atom. The fourth-order valence-corrected chi connectivity index (χ4v) is 0.557. The normalized spacial score (nSPS) is 7.36. The van der Waals surface area contributed by atoms with Crippen molar-refractivity contribution in [1.29, 1.82) is 0 Å². The topological polar surface area (TPSA) is 55.5 Å². The Kier molecular flexibility index (Phi) is 7.20. The van der Waals surface area contributed by atoms with Crippen LogP contribution in [0.15, 0.2) is 24.3 Å². The number of phenols is 1. The molecule has 0 saturated heterocycles. The lowest BCUT2D eigenvalue weighted by atomic mass is 10.3. The van der Waals surface area contributed by atoms with Crippen LogP contribution in [0, 0.1) is 0 Å². The number of hydrogen-bond donors (Lipinski definition) is 2. The van der Waals surface area contributed by atoms with Crippen LogP contribution in [0.5, 0.6) is 11.5 Å². The van der Waals surface area contributed by atoms with E-state index in [1.54, 1.807) is 18.2 Å². The van der Waals surface area contributed by atoms with Crippen LogP contribution in [0.2, 0.25) is 0 Å². The summed E-state index contributed by atoms with van der Waals surface area (Å²) in [6.07, 6.45) is 0. The lowest BCUT2D eigenvalue weighted by Crippen LogP contribution is -2.00. The van der Waals surface area contributed by atoms with Crippen LogP contribution in [0.1, 0.15) is 0 Å². The van der Waals surface area contributed by atoms with Gasteiger partial charge in [0.2, 0.25) is 0 Å². The molecule has 0 saturated carbocycles. The SMILES string of the molecule is Cl.Cl.NOc1cccc(O)c1. The minimum Gasteiger partial charge on any atom is -0.508 e. The zero-order chi connectivity index (χ0) is 6.69. The highest BCUT2D eigenvalue weighted by atomic mass is 35.5. The summed E-state index contributed by atoms with van der Waals surface area (Å²) in [6.45, 7) is 0. The maximum Gasteiger partial charge on any atom is 0.150 e. The van der Waals surface area contributed by atoms with Gasteiger partial charge in [-0.2, -0.15) is 5.90 Å². The first-order valence-corrected chi connectivity index (χ1v) is 2.48. The van der Waals surface area contributed by atoms with Gasteiger partial charge in [0.25, 0.3) is 0 Å². The highest BCUT2D eigenvalue weighted by molar-refractivity contribution is 5.85. The van der Waals surface area contributed by atoms with Crippen LogP contribution in [-0.4, -0.2) is 5.11 Å². The van der Waals surface area contributed by atoms with Gasteiger partial charge in [-0.3, -0.25) is 0 Å². The zero-order valence-corrected chi connectivity index (χ0v) is 7.19. The van der Waals surface area contributed by atoms with E-state index in [4.69, 9.17) is 11.0 Å². The second kappa shape index (κ2) is 6.09. The van der Waals surface area contributed by atoms with E-state index in [1.807, 2.05) is 0 Å². The number of nitrogens with two attached hydrogens (primary N) is 1. The van der Waals surface area contributed by atoms with Crippen molar-refractivity contribution in [1.82, 2.24) is 0 Å². The van der Waals surface area contributed by atoms with Crippen LogP contribution in [0.25, 0.3) is 0 Å². The second-order valence-corrected chi connectivity index (χ2v) is 1.62. The number of phenolic OH excluding ortho intramolecular Hbond substituents is 1. The largest absolute Gasteiger partial charge is 0.508 e. The first-order valence-electron chi connectivity index (χ1n) is 2.48. The summed E-state index contributed by atoms with van der Waals surface area (Å²) in [5.74, 6) is 5.41. The molecule has 1 aromatic rings. The van der Waals surface area contributed by atoms with E-state index < -0.39 is 0 Å². The molecular weight excluding hydrogens is 189 g/mol. The van der Waals surface area contributed by atoms with E-state index in [-0.39, 0.29) is 30.6 Å². The maximum absolute atomic E-state index is 8.81. The van der Waals surface area contributed by atoms with Gasteiger partial charge in [0, 0.05) is 6.07 Å². The molecule has 0 spiro atoms. The summed E-state index contributed by atoms with van der Waals surface area (Å²) in [7, 11) is 0. The zero-order valence-electron chi connectivity index (χ0n) is 5.56. The molecule has 1 aromatic carbocycles. The molecule has 0 aliphatic carbocycles. The molecule has 0 atom stereocenters. The lowest BCUT2D eigenvalue weighted by Gasteiger charge is -1.95. The molecule has 0 aromatic heterocycles. The summed E-state index contributed by atoms with van der Waals surface area (Å²) in [5.41, 5.74) is 0. The van der Waals surface area contributed by atoms with Crippen molar-refractivity contribution in [2.24, 2.45) is 5.90 Å². The molecule has 11 heavy (non-hydrogen) atoms. The summed E-state index contributed by atoms with van der Waals surface area (Å²) in [6, 6.07) is 6.28. The Bertz CT molecular complexity index is 208. The number of benzene rings is 1. The molecule has 64 valence electrons. The van der Waals surface area contributed by atoms with E-state index in [1.165, 1.54) is 6.07 Å². The fraction of sp³-hybridized carbons (Fsp3) is 0. The van der Waals surface area contributed by atoms with Gasteiger partial charge in [-0.15, -0.1) is 24.8 Å². The van der Waals surface area contributed by atoms with Crippen molar-refractivity contribution in [3.05, 3.63) is 24.3 Å². The van der Waals surface area contributed by atoms with E-state index in [9.17, 15) is 0 Å². The van der Waals surface area contributed by atoms with E-state index >= 15 is 0 Å². The van der Waals surface area contributed by atoms with Gasteiger partial charge < -0.3 is 9.94 Å². The average Bonchev–Trinajstić information content (AvgIpc) is 1.88. The number of aromatic hydroxyl groups is 1. The third-order valence-corrected chi connectivity index (χ3v) is 0.954. The molecule has 0 heterocycles. The Morgan fingerprint density at radius 3 is 2.27 bits per heavy atom. The fourth-order valence-electron chi connectivity index (χ4n) is 0.557. The first-order chi connectivity index (χ1) is 4.33. The smallest absolute Gasteiger partial charge is 0.150 e. The number of halogens is 2. The molecule has 0 radical (unpaired) electrons. The standard InChI is InChI=1S/C6H7NO2.2ClH/c7-9-6-3-1-2-5(8)4-6;;/h1-4,8H,7H2;2*1H. The van der Waals surface area contributed by atoms with Crippen molar-refractivity contribution >= 4 is 24.8 Å². The molecule has 0 aliphatic rings. The molecular formula is C6H9Cl2NO2.